The Morgan fingerprint density at radius 1 is 1.26 bits per heavy atom. The molecule has 8 nitrogen and oxygen atoms in total. The lowest BCUT2D eigenvalue weighted by molar-refractivity contribution is 0.121. The molecule has 11 heteroatoms. The van der Waals surface area contributed by atoms with Crippen LogP contribution in [0, 0.1) is 6.92 Å². The van der Waals surface area contributed by atoms with Crippen molar-refractivity contribution in [1.29, 1.82) is 0 Å². The molecule has 1 N–H and O–H groups in total. The van der Waals surface area contributed by atoms with Gasteiger partial charge in [0.2, 0.25) is 5.95 Å². The minimum atomic E-state index is -0.0890. The normalized spacial score (nSPS) is 14.6. The fourth-order valence-electron chi connectivity index (χ4n) is 3.62. The van der Waals surface area contributed by atoms with Crippen molar-refractivity contribution in [2.45, 2.75) is 31.3 Å². The predicted molar refractivity (Wildman–Crippen MR) is 127 cm³/mol. The molecule has 1 aliphatic rings. The van der Waals surface area contributed by atoms with Crippen LogP contribution in [0.2, 0.25) is 0 Å². The maximum absolute atomic E-state index is 12.9. The first-order valence-electron chi connectivity index (χ1n) is 10.1. The number of anilines is 1. The Kier molecular flexibility index (Phi) is 5.83. The maximum Gasteiger partial charge on any atom is 0.260 e. The SMILES string of the molecule is CCn1c(SCc2nc3scc(-c4ccc(C)s4)c3c(=O)[nH]2)nnc1N1CCOCC1. The van der Waals surface area contributed by atoms with Crippen LogP contribution in [0.15, 0.2) is 27.5 Å². The van der Waals surface area contributed by atoms with Gasteiger partial charge in [-0.15, -0.1) is 32.9 Å². The molecular weight excluding hydrogens is 452 g/mol. The molecule has 0 aromatic carbocycles. The fourth-order valence-corrected chi connectivity index (χ4v) is 6.41. The van der Waals surface area contributed by atoms with Crippen molar-refractivity contribution >= 4 is 50.6 Å². The molecule has 4 aromatic rings. The summed E-state index contributed by atoms with van der Waals surface area (Å²) in [5, 5.41) is 12.3. The van der Waals surface area contributed by atoms with E-state index in [2.05, 4.69) is 50.6 Å². The van der Waals surface area contributed by atoms with E-state index in [9.17, 15) is 4.79 Å². The van der Waals surface area contributed by atoms with Crippen LogP contribution in [-0.4, -0.2) is 51.0 Å². The van der Waals surface area contributed by atoms with Crippen molar-refractivity contribution in [1.82, 2.24) is 24.7 Å². The third-order valence-corrected chi connectivity index (χ3v) is 8.03. The first-order chi connectivity index (χ1) is 15.1. The molecule has 0 saturated carbocycles. The van der Waals surface area contributed by atoms with Crippen LogP contribution >= 0.6 is 34.4 Å². The van der Waals surface area contributed by atoms with Gasteiger partial charge in [0.25, 0.3) is 5.56 Å². The van der Waals surface area contributed by atoms with E-state index in [4.69, 9.17) is 9.72 Å². The van der Waals surface area contributed by atoms with Crippen molar-refractivity contribution in [2.75, 3.05) is 31.2 Å². The monoisotopic (exact) mass is 474 g/mol. The summed E-state index contributed by atoms with van der Waals surface area (Å²) in [7, 11) is 0. The molecule has 5 rings (SSSR count). The van der Waals surface area contributed by atoms with E-state index in [0.29, 0.717) is 30.2 Å². The largest absolute Gasteiger partial charge is 0.378 e. The first kappa shape index (κ1) is 20.7. The zero-order valence-corrected chi connectivity index (χ0v) is 19.7. The molecular formula is C20H22N6O2S3. The van der Waals surface area contributed by atoms with E-state index in [1.54, 1.807) is 11.3 Å². The van der Waals surface area contributed by atoms with E-state index in [1.807, 2.05) is 5.38 Å². The Hall–Kier alpha value is -2.21. The number of ether oxygens (including phenoxy) is 1. The van der Waals surface area contributed by atoms with Crippen LogP contribution in [0.3, 0.4) is 0 Å². The van der Waals surface area contributed by atoms with E-state index in [-0.39, 0.29) is 5.56 Å². The van der Waals surface area contributed by atoms with Gasteiger partial charge in [0.05, 0.1) is 24.4 Å². The molecule has 0 bridgehead atoms. The highest BCUT2D eigenvalue weighted by Crippen LogP contribution is 2.35. The third-order valence-electron chi connectivity index (χ3n) is 5.14. The summed E-state index contributed by atoms with van der Waals surface area (Å²) in [6, 6.07) is 4.14. The Morgan fingerprint density at radius 3 is 2.84 bits per heavy atom. The molecule has 1 aliphatic heterocycles. The molecule has 1 saturated heterocycles. The molecule has 0 unspecified atom stereocenters. The highest BCUT2D eigenvalue weighted by Gasteiger charge is 2.20. The van der Waals surface area contributed by atoms with E-state index in [1.165, 1.54) is 28.0 Å². The number of thioether (sulfide) groups is 1. The first-order valence-corrected chi connectivity index (χ1v) is 12.8. The van der Waals surface area contributed by atoms with Gasteiger partial charge in [-0.05, 0) is 26.0 Å². The second-order valence-corrected chi connectivity index (χ2v) is 10.3. The number of H-pyrrole nitrogens is 1. The van der Waals surface area contributed by atoms with Gasteiger partial charge >= 0.3 is 0 Å². The highest BCUT2D eigenvalue weighted by atomic mass is 32.2. The van der Waals surface area contributed by atoms with Crippen molar-refractivity contribution in [3.8, 4) is 10.4 Å². The zero-order valence-electron chi connectivity index (χ0n) is 17.3. The maximum atomic E-state index is 12.9. The summed E-state index contributed by atoms with van der Waals surface area (Å²) < 4.78 is 7.55. The predicted octanol–water partition coefficient (Wildman–Crippen LogP) is 3.76. The number of nitrogens with one attached hydrogen (secondary N) is 1. The summed E-state index contributed by atoms with van der Waals surface area (Å²) >= 11 is 4.74. The highest BCUT2D eigenvalue weighted by molar-refractivity contribution is 7.98. The molecule has 0 aliphatic carbocycles. The minimum absolute atomic E-state index is 0.0890. The van der Waals surface area contributed by atoms with Gasteiger partial charge in [0, 0.05) is 40.3 Å². The lowest BCUT2D eigenvalue weighted by atomic mass is 10.2. The number of aromatic nitrogens is 5. The van der Waals surface area contributed by atoms with E-state index < -0.39 is 0 Å². The van der Waals surface area contributed by atoms with Gasteiger partial charge in [-0.25, -0.2) is 4.98 Å². The number of fused-ring (bicyclic) bond motifs is 1. The smallest absolute Gasteiger partial charge is 0.260 e. The van der Waals surface area contributed by atoms with E-state index >= 15 is 0 Å². The molecule has 5 heterocycles. The number of aryl methyl sites for hydroxylation is 1. The summed E-state index contributed by atoms with van der Waals surface area (Å²) in [5.41, 5.74) is 0.876. The van der Waals surface area contributed by atoms with Crippen molar-refractivity contribution < 1.29 is 4.74 Å². The van der Waals surface area contributed by atoms with Crippen molar-refractivity contribution in [3.05, 3.63) is 38.6 Å². The number of hydrogen-bond donors (Lipinski definition) is 1. The molecule has 4 aromatic heterocycles. The topological polar surface area (TPSA) is 88.9 Å². The van der Waals surface area contributed by atoms with Crippen LogP contribution in [0.5, 0.6) is 0 Å². The minimum Gasteiger partial charge on any atom is -0.378 e. The molecule has 31 heavy (non-hydrogen) atoms. The zero-order chi connectivity index (χ0) is 21.4. The van der Waals surface area contributed by atoms with Crippen LogP contribution < -0.4 is 10.5 Å². The van der Waals surface area contributed by atoms with Gasteiger partial charge in [-0.3, -0.25) is 9.36 Å². The average molecular weight is 475 g/mol. The van der Waals surface area contributed by atoms with Gasteiger partial charge in [0.15, 0.2) is 5.16 Å². The van der Waals surface area contributed by atoms with Gasteiger partial charge < -0.3 is 14.6 Å². The van der Waals surface area contributed by atoms with Crippen LogP contribution in [0.25, 0.3) is 20.7 Å². The molecule has 0 atom stereocenters. The standard InChI is InChI=1S/C20H22N6O2S3/c1-3-26-19(25-6-8-28-9-7-25)23-24-20(26)30-11-15-21-17(27)16-13(10-29-18(16)22-15)14-5-4-12(2)31-14/h4-5,10H,3,6-9,11H2,1-2H3,(H,21,22,27). The second kappa shape index (κ2) is 8.73. The summed E-state index contributed by atoms with van der Waals surface area (Å²) in [5.74, 6) is 2.05. The molecule has 0 amide bonds. The van der Waals surface area contributed by atoms with Gasteiger partial charge in [-0.2, -0.15) is 0 Å². The van der Waals surface area contributed by atoms with E-state index in [0.717, 1.165) is 46.0 Å². The van der Waals surface area contributed by atoms with Crippen LogP contribution in [0.4, 0.5) is 5.95 Å². The number of hydrogen-bond acceptors (Lipinski definition) is 9. The van der Waals surface area contributed by atoms with Crippen molar-refractivity contribution in [3.63, 3.8) is 0 Å². The Morgan fingerprint density at radius 2 is 2.10 bits per heavy atom. The number of nitrogens with zero attached hydrogens (tertiary/aromatic N) is 5. The lowest BCUT2D eigenvalue weighted by Crippen LogP contribution is -2.38. The number of thiophene rings is 2. The Bertz CT molecular complexity index is 1270. The quantitative estimate of drug-likeness (QED) is 0.426. The number of rotatable bonds is 6. The summed E-state index contributed by atoms with van der Waals surface area (Å²) in [6.45, 7) is 7.98. The summed E-state index contributed by atoms with van der Waals surface area (Å²) in [6.07, 6.45) is 0. The van der Waals surface area contributed by atoms with Gasteiger partial charge in [0.1, 0.15) is 10.7 Å². The summed E-state index contributed by atoms with van der Waals surface area (Å²) in [4.78, 5) is 25.9. The fraction of sp³-hybridized carbons (Fsp3) is 0.400. The Balaban J connectivity index is 1.38. The number of aromatic amines is 1. The van der Waals surface area contributed by atoms with Crippen LogP contribution in [-0.2, 0) is 17.0 Å². The molecule has 0 spiro atoms. The molecule has 162 valence electrons. The lowest BCUT2D eigenvalue weighted by Gasteiger charge is -2.27. The van der Waals surface area contributed by atoms with Gasteiger partial charge in [-0.1, -0.05) is 11.8 Å². The van der Waals surface area contributed by atoms with Crippen LogP contribution in [0.1, 0.15) is 17.6 Å². The number of morpholine rings is 1. The third kappa shape index (κ3) is 4.02. The average Bonchev–Trinajstić information content (AvgIpc) is 3.50. The molecule has 1 fully saturated rings. The second-order valence-electron chi connectivity index (χ2n) is 7.17. The van der Waals surface area contributed by atoms with Crippen molar-refractivity contribution in [2.24, 2.45) is 0 Å². The Labute approximate surface area is 191 Å². The molecule has 0 radical (unpaired) electrons.